The summed E-state index contributed by atoms with van der Waals surface area (Å²) in [5.41, 5.74) is 1.02. The Morgan fingerprint density at radius 1 is 1.41 bits per heavy atom. The predicted octanol–water partition coefficient (Wildman–Crippen LogP) is 2.80. The number of ether oxygens (including phenoxy) is 1. The molecule has 0 saturated carbocycles. The molecule has 0 radical (unpaired) electrons. The van der Waals surface area contributed by atoms with Crippen LogP contribution in [0.1, 0.15) is 27.2 Å². The minimum absolute atomic E-state index is 0.225. The van der Waals surface area contributed by atoms with Crippen LogP contribution in [0.5, 0.6) is 0 Å². The molecule has 0 unspecified atom stereocenters. The normalized spacial score (nSPS) is 11.2. The van der Waals surface area contributed by atoms with Gasteiger partial charge in [0.05, 0.1) is 24.9 Å². The molecule has 6 nitrogen and oxygen atoms in total. The molecular weight excluding hydrogens is 300 g/mol. The molecule has 0 N–H and O–H groups in total. The van der Waals surface area contributed by atoms with E-state index in [0.717, 1.165) is 5.56 Å². The summed E-state index contributed by atoms with van der Waals surface area (Å²) >= 11 is 5.30. The fourth-order valence-corrected chi connectivity index (χ4v) is 2.05. The molecule has 2 aromatic heterocycles. The molecule has 0 aromatic carbocycles. The molecule has 0 saturated heterocycles. The average molecular weight is 318 g/mol. The smallest absolute Gasteiger partial charge is 0.308 e. The van der Waals surface area contributed by atoms with Crippen molar-refractivity contribution in [2.24, 2.45) is 0 Å². The van der Waals surface area contributed by atoms with Gasteiger partial charge in [-0.3, -0.25) is 9.48 Å². The fourth-order valence-electron chi connectivity index (χ4n) is 1.79. The van der Waals surface area contributed by atoms with E-state index >= 15 is 0 Å². The van der Waals surface area contributed by atoms with Crippen LogP contribution in [0.3, 0.4) is 0 Å². The lowest BCUT2D eigenvalue weighted by Gasteiger charge is -2.19. The zero-order chi connectivity index (χ0) is 16.2. The number of carbonyl (C=O) groups is 1. The third-order valence-corrected chi connectivity index (χ3v) is 3.01. The monoisotopic (exact) mass is 318 g/mol. The number of hydrogen-bond donors (Lipinski definition) is 0. The lowest BCUT2D eigenvalue weighted by molar-refractivity contribution is -0.155. The molecule has 0 aliphatic rings. The van der Waals surface area contributed by atoms with Gasteiger partial charge in [-0.05, 0) is 39.0 Å². The first-order valence-corrected chi connectivity index (χ1v) is 7.33. The third kappa shape index (κ3) is 4.70. The highest BCUT2D eigenvalue weighted by Gasteiger charge is 2.16. The molecule has 0 spiro atoms. The molecule has 0 aliphatic carbocycles. The van der Waals surface area contributed by atoms with Gasteiger partial charge in [-0.1, -0.05) is 12.2 Å². The summed E-state index contributed by atoms with van der Waals surface area (Å²) in [7, 11) is 0. The molecule has 2 rings (SSSR count). The van der Waals surface area contributed by atoms with Crippen LogP contribution in [0.25, 0.3) is 11.3 Å². The van der Waals surface area contributed by atoms with Crippen molar-refractivity contribution in [2.45, 2.75) is 39.3 Å². The summed E-state index contributed by atoms with van der Waals surface area (Å²) in [6.07, 6.45) is 3.49. The predicted molar refractivity (Wildman–Crippen MR) is 84.5 cm³/mol. The number of hydrogen-bond acceptors (Lipinski definition) is 6. The van der Waals surface area contributed by atoms with Gasteiger partial charge in [0, 0.05) is 11.8 Å². The van der Waals surface area contributed by atoms with E-state index in [2.05, 4.69) is 15.3 Å². The second-order valence-corrected chi connectivity index (χ2v) is 6.17. The number of rotatable bonds is 4. The Labute approximate surface area is 134 Å². The molecule has 0 atom stereocenters. The SMILES string of the molecule is CC(C)(C)OC(=O)CCn1ncc(-c2cccnn2)cc1=S. The summed E-state index contributed by atoms with van der Waals surface area (Å²) < 4.78 is 7.39. The topological polar surface area (TPSA) is 69.9 Å². The third-order valence-electron chi connectivity index (χ3n) is 2.69. The Morgan fingerprint density at radius 2 is 2.18 bits per heavy atom. The van der Waals surface area contributed by atoms with Gasteiger partial charge >= 0.3 is 5.97 Å². The molecule has 7 heteroatoms. The Bertz CT molecular complexity index is 707. The molecule has 2 heterocycles. The van der Waals surface area contributed by atoms with Crippen LogP contribution in [-0.4, -0.2) is 31.5 Å². The van der Waals surface area contributed by atoms with Crippen molar-refractivity contribution in [3.05, 3.63) is 35.2 Å². The van der Waals surface area contributed by atoms with E-state index < -0.39 is 5.60 Å². The zero-order valence-electron chi connectivity index (χ0n) is 12.8. The Balaban J connectivity index is 2.05. The molecule has 2 aromatic rings. The summed E-state index contributed by atoms with van der Waals surface area (Å²) in [5.74, 6) is -0.269. The Kier molecular flexibility index (Phi) is 4.97. The molecule has 116 valence electrons. The van der Waals surface area contributed by atoms with Gasteiger partial charge in [0.15, 0.2) is 0 Å². The van der Waals surface area contributed by atoms with Gasteiger partial charge < -0.3 is 4.74 Å². The lowest BCUT2D eigenvalue weighted by atomic mass is 10.2. The van der Waals surface area contributed by atoms with Crippen molar-refractivity contribution in [1.29, 1.82) is 0 Å². The van der Waals surface area contributed by atoms with Crippen LogP contribution in [-0.2, 0) is 16.1 Å². The highest BCUT2D eigenvalue weighted by atomic mass is 32.1. The molecule has 0 fully saturated rings. The largest absolute Gasteiger partial charge is 0.460 e. The first-order chi connectivity index (χ1) is 10.3. The highest BCUT2D eigenvalue weighted by Crippen LogP contribution is 2.14. The van der Waals surface area contributed by atoms with Crippen LogP contribution in [0.4, 0.5) is 0 Å². The van der Waals surface area contributed by atoms with Gasteiger partial charge in [-0.25, -0.2) is 0 Å². The van der Waals surface area contributed by atoms with Gasteiger partial charge in [0.2, 0.25) is 0 Å². The van der Waals surface area contributed by atoms with Crippen LogP contribution in [0.15, 0.2) is 30.6 Å². The van der Waals surface area contributed by atoms with Crippen molar-refractivity contribution in [3.63, 3.8) is 0 Å². The van der Waals surface area contributed by atoms with E-state index in [1.54, 1.807) is 29.2 Å². The number of nitrogens with zero attached hydrogens (tertiary/aromatic N) is 4. The first kappa shape index (κ1) is 16.2. The maximum Gasteiger partial charge on any atom is 0.308 e. The van der Waals surface area contributed by atoms with Crippen molar-refractivity contribution in [1.82, 2.24) is 20.0 Å². The maximum atomic E-state index is 11.7. The van der Waals surface area contributed by atoms with Crippen molar-refractivity contribution >= 4 is 18.2 Å². The van der Waals surface area contributed by atoms with E-state index in [1.165, 1.54) is 0 Å². The quantitative estimate of drug-likeness (QED) is 0.638. The number of carbonyl (C=O) groups excluding carboxylic acids is 1. The second kappa shape index (κ2) is 6.74. The summed E-state index contributed by atoms with van der Waals surface area (Å²) in [5, 5.41) is 12.1. The van der Waals surface area contributed by atoms with E-state index in [9.17, 15) is 4.79 Å². The van der Waals surface area contributed by atoms with E-state index in [1.807, 2.05) is 26.8 Å². The molecule has 0 aliphatic heterocycles. The van der Waals surface area contributed by atoms with E-state index in [-0.39, 0.29) is 12.4 Å². The fraction of sp³-hybridized carbons (Fsp3) is 0.400. The highest BCUT2D eigenvalue weighted by molar-refractivity contribution is 7.71. The minimum Gasteiger partial charge on any atom is -0.460 e. The average Bonchev–Trinajstić information content (AvgIpc) is 2.45. The summed E-state index contributed by atoms with van der Waals surface area (Å²) in [6, 6.07) is 5.43. The van der Waals surface area contributed by atoms with Gasteiger partial charge in [0.1, 0.15) is 10.2 Å². The van der Waals surface area contributed by atoms with Gasteiger partial charge in [0.25, 0.3) is 0 Å². The van der Waals surface area contributed by atoms with Crippen molar-refractivity contribution in [3.8, 4) is 11.3 Å². The van der Waals surface area contributed by atoms with E-state index in [4.69, 9.17) is 17.0 Å². The summed E-state index contributed by atoms with van der Waals surface area (Å²) in [6.45, 7) is 5.90. The standard InChI is InChI=1S/C15H18N4O2S/c1-15(2,3)21-14(20)6-8-19-13(22)9-11(10-17-19)12-5-4-7-16-18-12/h4-5,7,9-10H,6,8H2,1-3H3. The van der Waals surface area contributed by atoms with Crippen molar-refractivity contribution < 1.29 is 9.53 Å². The number of esters is 1. The molecule has 0 amide bonds. The molecule has 22 heavy (non-hydrogen) atoms. The first-order valence-electron chi connectivity index (χ1n) is 6.92. The number of aryl methyl sites for hydroxylation is 1. The van der Waals surface area contributed by atoms with Gasteiger partial charge in [-0.2, -0.15) is 15.3 Å². The van der Waals surface area contributed by atoms with Gasteiger partial charge in [-0.15, -0.1) is 0 Å². The lowest BCUT2D eigenvalue weighted by Crippen LogP contribution is -2.24. The van der Waals surface area contributed by atoms with Crippen LogP contribution in [0, 0.1) is 4.64 Å². The summed E-state index contributed by atoms with van der Waals surface area (Å²) in [4.78, 5) is 11.7. The Hall–Kier alpha value is -2.15. The molecular formula is C15H18N4O2S. The Morgan fingerprint density at radius 3 is 2.77 bits per heavy atom. The maximum absolute atomic E-state index is 11.7. The second-order valence-electron chi connectivity index (χ2n) is 5.75. The van der Waals surface area contributed by atoms with Crippen LogP contribution in [0.2, 0.25) is 0 Å². The van der Waals surface area contributed by atoms with Crippen molar-refractivity contribution in [2.75, 3.05) is 0 Å². The van der Waals surface area contributed by atoms with Crippen LogP contribution < -0.4 is 0 Å². The zero-order valence-corrected chi connectivity index (χ0v) is 13.6. The van der Waals surface area contributed by atoms with Crippen LogP contribution >= 0.6 is 12.2 Å². The molecule has 0 bridgehead atoms. The minimum atomic E-state index is -0.484. The van der Waals surface area contributed by atoms with E-state index in [0.29, 0.717) is 16.9 Å². The number of aromatic nitrogens is 4.